The van der Waals surface area contributed by atoms with E-state index in [4.69, 9.17) is 15.3 Å². The molecule has 0 saturated heterocycles. The first kappa shape index (κ1) is 18.7. The van der Waals surface area contributed by atoms with Crippen molar-refractivity contribution in [3.05, 3.63) is 65.4 Å². The van der Waals surface area contributed by atoms with Crippen LogP contribution in [0.4, 0.5) is 27.6 Å². The highest BCUT2D eigenvalue weighted by atomic mass is 19.4. The summed E-state index contributed by atoms with van der Waals surface area (Å²) in [7, 11) is 0. The Balaban J connectivity index is 2.27. The van der Waals surface area contributed by atoms with Crippen molar-refractivity contribution in [1.82, 2.24) is 0 Å². The van der Waals surface area contributed by atoms with Crippen LogP contribution in [0.5, 0.6) is 11.5 Å². The van der Waals surface area contributed by atoms with Gasteiger partial charge in [-0.15, -0.1) is 0 Å². The van der Waals surface area contributed by atoms with Gasteiger partial charge in [-0.3, -0.25) is 0 Å². The number of halogens is 5. The van der Waals surface area contributed by atoms with Crippen LogP contribution in [0.25, 0.3) is 0 Å². The lowest BCUT2D eigenvalue weighted by Gasteiger charge is -2.12. The Morgan fingerprint density at radius 3 is 2.19 bits per heavy atom. The number of nitrogens with zero attached hydrogens (tertiary/aromatic N) is 2. The molecule has 0 atom stereocenters. The fourth-order valence-corrected chi connectivity index (χ4v) is 1.83. The minimum absolute atomic E-state index is 0.0728. The van der Waals surface area contributed by atoms with Crippen molar-refractivity contribution in [2.24, 2.45) is 0 Å². The van der Waals surface area contributed by atoms with Crippen LogP contribution in [-0.4, -0.2) is 0 Å². The van der Waals surface area contributed by atoms with Gasteiger partial charge in [0.2, 0.25) is 0 Å². The van der Waals surface area contributed by atoms with Gasteiger partial charge in [-0.2, -0.15) is 23.7 Å². The van der Waals surface area contributed by atoms with Crippen LogP contribution >= 0.6 is 0 Å². The Bertz CT molecular complexity index is 900. The first-order valence-electron chi connectivity index (χ1n) is 6.85. The van der Waals surface area contributed by atoms with E-state index in [1.165, 1.54) is 24.3 Å². The summed E-state index contributed by atoms with van der Waals surface area (Å²) in [6.07, 6.45) is -3.78. The molecule has 0 spiro atoms. The van der Waals surface area contributed by atoms with E-state index in [1.807, 2.05) is 0 Å². The molecule has 132 valence electrons. The molecule has 0 aromatic heterocycles. The maximum atomic E-state index is 13.8. The summed E-state index contributed by atoms with van der Waals surface area (Å²) in [6.45, 7) is 0. The third kappa shape index (κ3) is 4.48. The van der Waals surface area contributed by atoms with Gasteiger partial charge in [-0.25, -0.2) is 8.78 Å². The summed E-state index contributed by atoms with van der Waals surface area (Å²) >= 11 is 0. The molecule has 0 heterocycles. The molecule has 0 amide bonds. The van der Waals surface area contributed by atoms with Crippen LogP contribution < -0.4 is 10.1 Å². The first-order chi connectivity index (χ1) is 12.2. The second kappa shape index (κ2) is 7.53. The van der Waals surface area contributed by atoms with Crippen molar-refractivity contribution in [1.29, 1.82) is 10.5 Å². The van der Waals surface area contributed by atoms with Crippen LogP contribution in [0.3, 0.4) is 0 Å². The maximum Gasteiger partial charge on any atom is 0.416 e. The van der Waals surface area contributed by atoms with Crippen molar-refractivity contribution in [2.75, 3.05) is 5.32 Å². The topological polar surface area (TPSA) is 68.8 Å². The van der Waals surface area contributed by atoms with Crippen molar-refractivity contribution in [3.63, 3.8) is 0 Å². The number of ether oxygens (including phenoxy) is 1. The molecule has 0 saturated carbocycles. The lowest BCUT2D eigenvalue weighted by molar-refractivity contribution is -0.138. The quantitative estimate of drug-likeness (QED) is 0.603. The summed E-state index contributed by atoms with van der Waals surface area (Å²) in [5.74, 6) is -4.07. The Hall–Kier alpha value is -3.59. The highest BCUT2D eigenvalue weighted by molar-refractivity contribution is 5.53. The zero-order valence-corrected chi connectivity index (χ0v) is 12.7. The number of rotatable bonds is 4. The van der Waals surface area contributed by atoms with E-state index in [2.05, 4.69) is 5.32 Å². The number of benzene rings is 2. The third-order valence-corrected chi connectivity index (χ3v) is 3.00. The van der Waals surface area contributed by atoms with E-state index in [0.717, 1.165) is 6.20 Å². The lowest BCUT2D eigenvalue weighted by Crippen LogP contribution is -2.07. The molecule has 2 rings (SSSR count). The molecule has 0 aliphatic carbocycles. The molecule has 4 nitrogen and oxygen atoms in total. The number of anilines is 1. The second-order valence-electron chi connectivity index (χ2n) is 4.82. The van der Waals surface area contributed by atoms with Gasteiger partial charge in [-0.05, 0) is 24.3 Å². The van der Waals surface area contributed by atoms with Crippen molar-refractivity contribution in [3.8, 4) is 23.6 Å². The van der Waals surface area contributed by atoms with Crippen LogP contribution in [0.2, 0.25) is 0 Å². The molecule has 1 N–H and O–H groups in total. The monoisotopic (exact) mass is 365 g/mol. The van der Waals surface area contributed by atoms with Crippen LogP contribution in [-0.2, 0) is 6.18 Å². The molecule has 0 unspecified atom stereocenters. The van der Waals surface area contributed by atoms with Crippen LogP contribution in [0, 0.1) is 34.3 Å². The number of hydrogen-bond acceptors (Lipinski definition) is 4. The fourth-order valence-electron chi connectivity index (χ4n) is 1.83. The smallest absolute Gasteiger partial charge is 0.416 e. The Labute approximate surface area is 144 Å². The van der Waals surface area contributed by atoms with E-state index < -0.39 is 29.1 Å². The van der Waals surface area contributed by atoms with Crippen molar-refractivity contribution < 1.29 is 26.7 Å². The maximum absolute atomic E-state index is 13.8. The van der Waals surface area contributed by atoms with Gasteiger partial charge in [0.05, 0.1) is 5.56 Å². The average molecular weight is 365 g/mol. The Morgan fingerprint density at radius 2 is 1.65 bits per heavy atom. The first-order valence-corrected chi connectivity index (χ1v) is 6.85. The molecular formula is C17H8F5N3O. The van der Waals surface area contributed by atoms with Gasteiger partial charge < -0.3 is 10.1 Å². The van der Waals surface area contributed by atoms with E-state index in [-0.39, 0.29) is 23.5 Å². The molecule has 9 heteroatoms. The second-order valence-corrected chi connectivity index (χ2v) is 4.82. The highest BCUT2D eigenvalue weighted by Crippen LogP contribution is 2.35. The van der Waals surface area contributed by atoms with Gasteiger partial charge >= 0.3 is 6.18 Å². The molecule has 0 aliphatic rings. The molecule has 0 radical (unpaired) electrons. The minimum Gasteiger partial charge on any atom is -0.451 e. The summed E-state index contributed by atoms with van der Waals surface area (Å²) in [5, 5.41) is 19.9. The molecule has 0 fully saturated rings. The van der Waals surface area contributed by atoms with E-state index >= 15 is 0 Å². The summed E-state index contributed by atoms with van der Waals surface area (Å²) in [6, 6.07) is 9.06. The van der Waals surface area contributed by atoms with Gasteiger partial charge in [0.1, 0.15) is 23.5 Å². The number of nitriles is 2. The van der Waals surface area contributed by atoms with Gasteiger partial charge in [0, 0.05) is 18.0 Å². The van der Waals surface area contributed by atoms with Crippen molar-refractivity contribution >= 4 is 5.69 Å². The zero-order valence-electron chi connectivity index (χ0n) is 12.7. The Kier molecular flexibility index (Phi) is 5.43. The number of alkyl halides is 3. The van der Waals surface area contributed by atoms with Gasteiger partial charge in [0.25, 0.3) is 0 Å². The van der Waals surface area contributed by atoms with E-state index in [1.54, 1.807) is 12.1 Å². The molecule has 2 aromatic rings. The fraction of sp³-hybridized carbons (Fsp3) is 0.0588. The predicted octanol–water partition coefficient (Wildman–Crippen LogP) is 5.12. The standard InChI is InChI=1S/C17H8F5N3O/c18-14-4-11(17(20,21)22)5-15(19)16(14)26-13-3-1-2-12(6-13)25-9-10(7-23)8-24/h1-6,9,25H. The average Bonchev–Trinajstić information content (AvgIpc) is 2.58. The van der Waals surface area contributed by atoms with Gasteiger partial charge in [0.15, 0.2) is 17.4 Å². The predicted molar refractivity (Wildman–Crippen MR) is 80.8 cm³/mol. The lowest BCUT2D eigenvalue weighted by atomic mass is 10.2. The number of nitrogens with one attached hydrogen (secondary N) is 1. The van der Waals surface area contributed by atoms with E-state index in [9.17, 15) is 22.0 Å². The molecular weight excluding hydrogens is 357 g/mol. The summed E-state index contributed by atoms with van der Waals surface area (Å²) in [5.41, 5.74) is -1.37. The highest BCUT2D eigenvalue weighted by Gasteiger charge is 2.33. The normalized spacial score (nSPS) is 10.4. The minimum atomic E-state index is -4.89. The molecule has 2 aromatic carbocycles. The zero-order chi connectivity index (χ0) is 19.3. The SMILES string of the molecule is N#CC(C#N)=CNc1cccc(Oc2c(F)cc(C(F)(F)F)cc2F)c1. The molecule has 0 aliphatic heterocycles. The van der Waals surface area contributed by atoms with Crippen LogP contribution in [0.1, 0.15) is 5.56 Å². The third-order valence-electron chi connectivity index (χ3n) is 3.00. The van der Waals surface area contributed by atoms with E-state index in [0.29, 0.717) is 5.69 Å². The summed E-state index contributed by atoms with van der Waals surface area (Å²) < 4.78 is 70.2. The van der Waals surface area contributed by atoms with Crippen LogP contribution in [0.15, 0.2) is 48.2 Å². The number of allylic oxidation sites excluding steroid dienone is 1. The summed E-state index contributed by atoms with van der Waals surface area (Å²) in [4.78, 5) is 0. The van der Waals surface area contributed by atoms with Gasteiger partial charge in [-0.1, -0.05) is 6.07 Å². The molecule has 0 bridgehead atoms. The number of hydrogen-bond donors (Lipinski definition) is 1. The Morgan fingerprint density at radius 1 is 1.04 bits per heavy atom. The van der Waals surface area contributed by atoms with Crippen molar-refractivity contribution in [2.45, 2.75) is 6.18 Å². The molecule has 26 heavy (non-hydrogen) atoms. The largest absolute Gasteiger partial charge is 0.451 e.